The van der Waals surface area contributed by atoms with Crippen LogP contribution in [0.25, 0.3) is 0 Å². The van der Waals surface area contributed by atoms with Gasteiger partial charge in [0.05, 0.1) is 12.7 Å². The van der Waals surface area contributed by atoms with E-state index in [1.165, 1.54) is 16.7 Å². The predicted octanol–water partition coefficient (Wildman–Crippen LogP) is 3.85. The Morgan fingerprint density at radius 1 is 1.10 bits per heavy atom. The summed E-state index contributed by atoms with van der Waals surface area (Å²) in [6.07, 6.45) is 1.20. The molecule has 0 aliphatic carbocycles. The summed E-state index contributed by atoms with van der Waals surface area (Å²) in [5.41, 5.74) is 4.05. The third kappa shape index (κ3) is 3.29. The smallest absolute Gasteiger partial charge is 0.0952 e. The lowest BCUT2D eigenvalue weighted by atomic mass is 9.97. The van der Waals surface area contributed by atoms with E-state index in [9.17, 15) is 0 Å². The average molecular weight is 332 g/mol. The molecule has 0 saturated heterocycles. The molecule has 0 spiro atoms. The van der Waals surface area contributed by atoms with Crippen LogP contribution in [0, 0.1) is 0 Å². The zero-order chi connectivity index (χ0) is 13.8. The molecule has 2 nitrogen and oxygen atoms in total. The van der Waals surface area contributed by atoms with Crippen LogP contribution in [-0.4, -0.2) is 13.2 Å². The van der Waals surface area contributed by atoms with Crippen LogP contribution in [0.1, 0.15) is 22.8 Å². The Morgan fingerprint density at radius 3 is 2.75 bits per heavy atom. The van der Waals surface area contributed by atoms with Crippen LogP contribution in [0.4, 0.5) is 0 Å². The van der Waals surface area contributed by atoms with Crippen molar-refractivity contribution in [3.8, 4) is 0 Å². The quantitative estimate of drug-likeness (QED) is 0.918. The lowest BCUT2D eigenvalue weighted by Gasteiger charge is -2.26. The lowest BCUT2D eigenvalue weighted by molar-refractivity contribution is 0.0423. The molecular weight excluding hydrogens is 314 g/mol. The van der Waals surface area contributed by atoms with Gasteiger partial charge in [0.25, 0.3) is 0 Å². The average Bonchev–Trinajstić information content (AvgIpc) is 2.49. The molecule has 1 N–H and O–H groups in total. The van der Waals surface area contributed by atoms with Gasteiger partial charge in [-0.1, -0.05) is 52.3 Å². The highest BCUT2D eigenvalue weighted by Crippen LogP contribution is 2.26. The van der Waals surface area contributed by atoms with Crippen molar-refractivity contribution >= 4 is 15.9 Å². The van der Waals surface area contributed by atoms with Crippen molar-refractivity contribution in [2.24, 2.45) is 0 Å². The fourth-order valence-corrected chi connectivity index (χ4v) is 2.86. The van der Waals surface area contributed by atoms with Crippen molar-refractivity contribution in [1.29, 1.82) is 0 Å². The molecule has 0 bridgehead atoms. The molecule has 1 aliphatic heterocycles. The maximum atomic E-state index is 5.89. The Bertz CT molecular complexity index is 567. The van der Waals surface area contributed by atoms with Crippen molar-refractivity contribution in [3.63, 3.8) is 0 Å². The lowest BCUT2D eigenvalue weighted by Crippen LogP contribution is -2.27. The zero-order valence-corrected chi connectivity index (χ0v) is 12.9. The van der Waals surface area contributed by atoms with E-state index >= 15 is 0 Å². The van der Waals surface area contributed by atoms with E-state index in [-0.39, 0.29) is 6.10 Å². The van der Waals surface area contributed by atoms with E-state index in [2.05, 4.69) is 69.8 Å². The van der Waals surface area contributed by atoms with Gasteiger partial charge >= 0.3 is 0 Å². The summed E-state index contributed by atoms with van der Waals surface area (Å²) in [6, 6.07) is 17.0. The zero-order valence-electron chi connectivity index (χ0n) is 11.3. The van der Waals surface area contributed by atoms with E-state index in [4.69, 9.17) is 4.74 Å². The summed E-state index contributed by atoms with van der Waals surface area (Å²) >= 11 is 3.45. The molecule has 0 saturated carbocycles. The van der Waals surface area contributed by atoms with Crippen molar-refractivity contribution < 1.29 is 4.74 Å². The van der Waals surface area contributed by atoms with Crippen LogP contribution >= 0.6 is 15.9 Å². The Kier molecular flexibility index (Phi) is 4.51. The molecule has 20 heavy (non-hydrogen) atoms. The van der Waals surface area contributed by atoms with Crippen LogP contribution in [0.2, 0.25) is 0 Å². The number of hydrogen-bond donors (Lipinski definition) is 1. The van der Waals surface area contributed by atoms with E-state index in [0.29, 0.717) is 0 Å². The Labute approximate surface area is 128 Å². The fourth-order valence-electron chi connectivity index (χ4n) is 2.60. The van der Waals surface area contributed by atoms with Gasteiger partial charge in [0, 0.05) is 17.6 Å². The van der Waals surface area contributed by atoms with E-state index < -0.39 is 0 Å². The second kappa shape index (κ2) is 6.53. The van der Waals surface area contributed by atoms with Crippen molar-refractivity contribution in [3.05, 3.63) is 69.7 Å². The summed E-state index contributed by atoms with van der Waals surface area (Å²) in [5.74, 6) is 0. The number of fused-ring (bicyclic) bond motifs is 1. The molecule has 104 valence electrons. The maximum Gasteiger partial charge on any atom is 0.0952 e. The second-order valence-electron chi connectivity index (χ2n) is 5.07. The molecule has 2 aromatic rings. The fraction of sp³-hybridized carbons (Fsp3) is 0.294. The molecule has 1 heterocycles. The first-order chi connectivity index (χ1) is 9.83. The molecular formula is C17H18BrNO. The number of halogens is 1. The van der Waals surface area contributed by atoms with Crippen molar-refractivity contribution in [1.82, 2.24) is 5.32 Å². The largest absolute Gasteiger partial charge is 0.372 e. The molecule has 0 fully saturated rings. The van der Waals surface area contributed by atoms with Gasteiger partial charge in [-0.15, -0.1) is 0 Å². The number of rotatable bonds is 4. The van der Waals surface area contributed by atoms with E-state index in [1.807, 2.05) is 0 Å². The standard InChI is InChI=1S/C17H18BrNO/c18-15-7-5-13(6-8-15)11-19-12-17-16-4-2-1-3-14(16)9-10-20-17/h1-8,17,19H,9-12H2. The first-order valence-corrected chi connectivity index (χ1v) is 7.77. The van der Waals surface area contributed by atoms with Gasteiger partial charge in [0.15, 0.2) is 0 Å². The van der Waals surface area contributed by atoms with Crippen LogP contribution in [0.5, 0.6) is 0 Å². The Hall–Kier alpha value is -1.16. The van der Waals surface area contributed by atoms with Gasteiger partial charge in [0.1, 0.15) is 0 Å². The molecule has 0 radical (unpaired) electrons. The molecule has 3 rings (SSSR count). The predicted molar refractivity (Wildman–Crippen MR) is 84.7 cm³/mol. The highest BCUT2D eigenvalue weighted by molar-refractivity contribution is 9.10. The normalized spacial score (nSPS) is 17.8. The molecule has 0 aromatic heterocycles. The van der Waals surface area contributed by atoms with Crippen LogP contribution in [0.15, 0.2) is 53.0 Å². The minimum atomic E-state index is 0.176. The van der Waals surface area contributed by atoms with Gasteiger partial charge in [-0.25, -0.2) is 0 Å². The van der Waals surface area contributed by atoms with Gasteiger partial charge in [-0.3, -0.25) is 0 Å². The first kappa shape index (κ1) is 13.8. The Morgan fingerprint density at radius 2 is 1.90 bits per heavy atom. The van der Waals surface area contributed by atoms with Crippen molar-refractivity contribution in [2.45, 2.75) is 19.1 Å². The summed E-state index contributed by atoms with van der Waals surface area (Å²) in [5, 5.41) is 3.49. The first-order valence-electron chi connectivity index (χ1n) is 6.97. The van der Waals surface area contributed by atoms with Gasteiger partial charge in [-0.2, -0.15) is 0 Å². The number of ether oxygens (including phenoxy) is 1. The highest BCUT2D eigenvalue weighted by atomic mass is 79.9. The van der Waals surface area contributed by atoms with Crippen molar-refractivity contribution in [2.75, 3.05) is 13.2 Å². The topological polar surface area (TPSA) is 21.3 Å². The third-order valence-corrected chi connectivity index (χ3v) is 4.19. The molecule has 0 amide bonds. The van der Waals surface area contributed by atoms with Crippen LogP contribution < -0.4 is 5.32 Å². The van der Waals surface area contributed by atoms with Gasteiger partial charge in [0.2, 0.25) is 0 Å². The maximum absolute atomic E-state index is 5.89. The second-order valence-corrected chi connectivity index (χ2v) is 5.98. The van der Waals surface area contributed by atoms with Gasteiger partial charge < -0.3 is 10.1 Å². The summed E-state index contributed by atoms with van der Waals surface area (Å²) in [6.45, 7) is 2.55. The van der Waals surface area contributed by atoms with E-state index in [1.54, 1.807) is 0 Å². The summed E-state index contributed by atoms with van der Waals surface area (Å²) in [4.78, 5) is 0. The van der Waals surface area contributed by atoms with Crippen LogP contribution in [0.3, 0.4) is 0 Å². The minimum Gasteiger partial charge on any atom is -0.372 e. The van der Waals surface area contributed by atoms with Gasteiger partial charge in [-0.05, 0) is 35.2 Å². The number of benzene rings is 2. The third-order valence-electron chi connectivity index (χ3n) is 3.66. The monoisotopic (exact) mass is 331 g/mol. The summed E-state index contributed by atoms with van der Waals surface area (Å²) < 4.78 is 7.01. The SMILES string of the molecule is Brc1ccc(CNCC2OCCc3ccccc32)cc1. The van der Waals surface area contributed by atoms with Crippen LogP contribution in [-0.2, 0) is 17.7 Å². The summed E-state index contributed by atoms with van der Waals surface area (Å²) in [7, 11) is 0. The number of nitrogens with one attached hydrogen (secondary N) is 1. The highest BCUT2D eigenvalue weighted by Gasteiger charge is 2.19. The Balaban J connectivity index is 1.58. The molecule has 1 unspecified atom stereocenters. The minimum absolute atomic E-state index is 0.176. The molecule has 1 aliphatic rings. The number of hydrogen-bond acceptors (Lipinski definition) is 2. The molecule has 1 atom stereocenters. The van der Waals surface area contributed by atoms with E-state index in [0.717, 1.165) is 30.6 Å². The molecule has 3 heteroatoms. The molecule has 2 aromatic carbocycles.